The van der Waals surface area contributed by atoms with Crippen LogP contribution < -0.4 is 4.74 Å². The fraction of sp³-hybridized carbons (Fsp3) is 0.471. The van der Waals surface area contributed by atoms with Crippen LogP contribution in [0, 0.1) is 19.8 Å². The van der Waals surface area contributed by atoms with E-state index in [9.17, 15) is 4.79 Å². The number of carbonyl (C=O) groups is 1. The van der Waals surface area contributed by atoms with Gasteiger partial charge in [0.2, 0.25) is 0 Å². The summed E-state index contributed by atoms with van der Waals surface area (Å²) < 4.78 is 5.92. The van der Waals surface area contributed by atoms with Crippen LogP contribution >= 0.6 is 0 Å². The van der Waals surface area contributed by atoms with Crippen LogP contribution in [0.5, 0.6) is 5.75 Å². The molecule has 0 bridgehead atoms. The number of hydrogen-bond donors (Lipinski definition) is 1. The van der Waals surface area contributed by atoms with Gasteiger partial charge in [0.1, 0.15) is 5.75 Å². The first-order valence-electron chi connectivity index (χ1n) is 7.09. The maximum Gasteiger partial charge on any atom is 0.328 e. The molecule has 1 N–H and O–H groups in total. The summed E-state index contributed by atoms with van der Waals surface area (Å²) in [5.41, 5.74) is 2.97. The summed E-state index contributed by atoms with van der Waals surface area (Å²) in [5.74, 6) is 0.528. The first kappa shape index (κ1) is 16.3. The van der Waals surface area contributed by atoms with E-state index in [-0.39, 0.29) is 0 Å². The molecule has 0 heterocycles. The Balaban J connectivity index is 2.81. The van der Waals surface area contributed by atoms with Crippen molar-refractivity contribution in [1.82, 2.24) is 0 Å². The highest BCUT2D eigenvalue weighted by Crippen LogP contribution is 2.26. The van der Waals surface area contributed by atoms with Crippen molar-refractivity contribution in [2.45, 2.75) is 40.5 Å². The lowest BCUT2D eigenvalue weighted by Gasteiger charge is -2.16. The average molecular weight is 276 g/mol. The van der Waals surface area contributed by atoms with E-state index in [0.717, 1.165) is 41.5 Å². The van der Waals surface area contributed by atoms with Crippen molar-refractivity contribution < 1.29 is 14.6 Å². The molecule has 0 amide bonds. The Morgan fingerprint density at radius 2 is 1.95 bits per heavy atom. The lowest BCUT2D eigenvalue weighted by atomic mass is 10.0. The number of hydrogen-bond acceptors (Lipinski definition) is 2. The minimum atomic E-state index is -0.936. The zero-order valence-electron chi connectivity index (χ0n) is 12.8. The molecule has 0 saturated heterocycles. The molecule has 0 aromatic heterocycles. The normalized spacial score (nSPS) is 12.6. The van der Waals surface area contributed by atoms with Crippen LogP contribution in [0.15, 0.2) is 18.2 Å². The minimum absolute atomic E-state index is 0.547. The average Bonchev–Trinajstić information content (AvgIpc) is 2.35. The number of aliphatic carboxylic acids is 1. The monoisotopic (exact) mass is 276 g/mol. The molecule has 0 aliphatic heterocycles. The van der Waals surface area contributed by atoms with Crippen LogP contribution in [0.1, 0.15) is 43.4 Å². The zero-order chi connectivity index (χ0) is 15.1. The highest BCUT2D eigenvalue weighted by Gasteiger charge is 2.08. The first-order chi connectivity index (χ1) is 9.43. The van der Waals surface area contributed by atoms with Gasteiger partial charge in [0.15, 0.2) is 0 Å². The maximum absolute atomic E-state index is 10.5. The Labute approximate surface area is 121 Å². The molecule has 20 heavy (non-hydrogen) atoms. The van der Waals surface area contributed by atoms with Crippen molar-refractivity contribution in [2.75, 3.05) is 6.61 Å². The summed E-state index contributed by atoms with van der Waals surface area (Å²) in [4.78, 5) is 10.5. The van der Waals surface area contributed by atoms with Crippen molar-refractivity contribution in [1.29, 1.82) is 0 Å². The Bertz CT molecular complexity index is 466. The van der Waals surface area contributed by atoms with E-state index in [2.05, 4.69) is 13.8 Å². The van der Waals surface area contributed by atoms with Crippen LogP contribution in [0.4, 0.5) is 0 Å². The van der Waals surface area contributed by atoms with Crippen molar-refractivity contribution >= 4 is 12.0 Å². The van der Waals surface area contributed by atoms with E-state index < -0.39 is 5.97 Å². The molecule has 0 aliphatic carbocycles. The number of aryl methyl sites for hydroxylation is 2. The van der Waals surface area contributed by atoms with Crippen molar-refractivity contribution in [3.05, 3.63) is 34.9 Å². The predicted molar refractivity (Wildman–Crippen MR) is 82.2 cm³/mol. The Morgan fingerprint density at radius 1 is 1.35 bits per heavy atom. The molecule has 0 saturated carbocycles. The van der Waals surface area contributed by atoms with Crippen molar-refractivity contribution in [3.63, 3.8) is 0 Å². The maximum atomic E-state index is 10.5. The molecule has 0 radical (unpaired) electrons. The summed E-state index contributed by atoms with van der Waals surface area (Å²) in [7, 11) is 0. The molecular weight excluding hydrogens is 252 g/mol. The van der Waals surface area contributed by atoms with Crippen LogP contribution in [-0.4, -0.2) is 17.7 Å². The number of rotatable bonds is 7. The third-order valence-corrected chi connectivity index (χ3v) is 3.19. The van der Waals surface area contributed by atoms with Crippen molar-refractivity contribution in [2.24, 2.45) is 5.92 Å². The molecular formula is C17H24O3. The van der Waals surface area contributed by atoms with Crippen LogP contribution in [0.2, 0.25) is 0 Å². The van der Waals surface area contributed by atoms with Gasteiger partial charge < -0.3 is 9.84 Å². The van der Waals surface area contributed by atoms with E-state index >= 15 is 0 Å². The third-order valence-electron chi connectivity index (χ3n) is 3.19. The van der Waals surface area contributed by atoms with Crippen molar-refractivity contribution in [3.8, 4) is 5.75 Å². The van der Waals surface area contributed by atoms with Gasteiger partial charge in [0.25, 0.3) is 0 Å². The molecule has 1 aromatic rings. The molecule has 3 heteroatoms. The summed E-state index contributed by atoms with van der Waals surface area (Å²) >= 11 is 0. The quantitative estimate of drug-likeness (QED) is 0.759. The standard InChI is InChI=1S/C17H24O3/c1-5-6-12(2)11-20-17-13(3)9-15(10-14(17)4)7-8-16(18)19/h7-10,12H,5-6,11H2,1-4H3,(H,18,19). The predicted octanol–water partition coefficient (Wildman–Crippen LogP) is 4.22. The molecule has 1 rings (SSSR count). The highest BCUT2D eigenvalue weighted by atomic mass is 16.5. The second kappa shape index (κ2) is 7.73. The molecule has 1 unspecified atom stereocenters. The summed E-state index contributed by atoms with van der Waals surface area (Å²) in [6, 6.07) is 3.90. The van der Waals surface area contributed by atoms with Gasteiger partial charge in [-0.2, -0.15) is 0 Å². The van der Waals surface area contributed by atoms with E-state index in [1.807, 2.05) is 26.0 Å². The molecule has 110 valence electrons. The Morgan fingerprint density at radius 3 is 2.45 bits per heavy atom. The molecule has 0 spiro atoms. The minimum Gasteiger partial charge on any atom is -0.493 e. The van der Waals surface area contributed by atoms with E-state index in [4.69, 9.17) is 9.84 Å². The Kier molecular flexibility index (Phi) is 6.29. The number of ether oxygens (including phenoxy) is 1. The topological polar surface area (TPSA) is 46.5 Å². The fourth-order valence-corrected chi connectivity index (χ4v) is 2.28. The number of carboxylic acids is 1. The zero-order valence-corrected chi connectivity index (χ0v) is 12.8. The first-order valence-corrected chi connectivity index (χ1v) is 7.09. The van der Waals surface area contributed by atoms with Gasteiger partial charge in [0, 0.05) is 6.08 Å². The van der Waals surface area contributed by atoms with Gasteiger partial charge in [0.05, 0.1) is 6.61 Å². The van der Waals surface area contributed by atoms with Gasteiger partial charge in [-0.05, 0) is 61.1 Å². The number of carboxylic acid groups (broad SMARTS) is 1. The van der Waals surface area contributed by atoms with Gasteiger partial charge in [-0.1, -0.05) is 20.3 Å². The lowest BCUT2D eigenvalue weighted by Crippen LogP contribution is -2.09. The van der Waals surface area contributed by atoms with Crippen LogP contribution in [0.25, 0.3) is 6.08 Å². The largest absolute Gasteiger partial charge is 0.493 e. The molecule has 1 aromatic carbocycles. The molecule has 1 atom stereocenters. The molecule has 0 aliphatic rings. The molecule has 3 nitrogen and oxygen atoms in total. The lowest BCUT2D eigenvalue weighted by molar-refractivity contribution is -0.131. The number of benzene rings is 1. The SMILES string of the molecule is CCCC(C)COc1c(C)cc(C=CC(=O)O)cc1C. The van der Waals surface area contributed by atoms with Gasteiger partial charge >= 0.3 is 5.97 Å². The van der Waals surface area contributed by atoms with E-state index in [0.29, 0.717) is 5.92 Å². The summed E-state index contributed by atoms with van der Waals surface area (Å²) in [5, 5.41) is 8.65. The van der Waals surface area contributed by atoms with Gasteiger partial charge in [-0.3, -0.25) is 0 Å². The smallest absolute Gasteiger partial charge is 0.328 e. The Hall–Kier alpha value is -1.77. The van der Waals surface area contributed by atoms with Crippen LogP contribution in [0.3, 0.4) is 0 Å². The van der Waals surface area contributed by atoms with E-state index in [1.165, 1.54) is 6.42 Å². The van der Waals surface area contributed by atoms with Gasteiger partial charge in [-0.15, -0.1) is 0 Å². The summed E-state index contributed by atoms with van der Waals surface area (Å²) in [6.45, 7) is 9.07. The second-order valence-corrected chi connectivity index (χ2v) is 5.36. The molecule has 0 fully saturated rings. The van der Waals surface area contributed by atoms with Crippen LogP contribution in [-0.2, 0) is 4.79 Å². The fourth-order valence-electron chi connectivity index (χ4n) is 2.28. The highest BCUT2D eigenvalue weighted by molar-refractivity contribution is 5.85. The summed E-state index contributed by atoms with van der Waals surface area (Å²) in [6.07, 6.45) is 5.09. The third kappa shape index (κ3) is 5.08. The van der Waals surface area contributed by atoms with E-state index in [1.54, 1.807) is 6.08 Å². The van der Waals surface area contributed by atoms with Gasteiger partial charge in [-0.25, -0.2) is 4.79 Å². The second-order valence-electron chi connectivity index (χ2n) is 5.36.